The molecule has 0 aliphatic heterocycles. The van der Waals surface area contributed by atoms with E-state index >= 15 is 0 Å². The third kappa shape index (κ3) is 4.54. The number of aryl methyl sites for hydroxylation is 1. The van der Waals surface area contributed by atoms with Gasteiger partial charge >= 0.3 is 0 Å². The van der Waals surface area contributed by atoms with Gasteiger partial charge in [-0.2, -0.15) is 0 Å². The van der Waals surface area contributed by atoms with Crippen LogP contribution in [0.4, 0.5) is 10.1 Å². The Bertz CT molecular complexity index is 522. The summed E-state index contributed by atoms with van der Waals surface area (Å²) < 4.78 is 12.7. The second kappa shape index (κ2) is 6.69. The number of halogens is 1. The Balaban J connectivity index is 1.74. The number of carbonyl (C=O) groups excluding carboxylic acids is 1. The lowest BCUT2D eigenvalue weighted by Gasteiger charge is -2.05. The lowest BCUT2D eigenvalue weighted by atomic mass is 10.1. The molecule has 0 unspecified atom stereocenters. The van der Waals surface area contributed by atoms with Crippen molar-refractivity contribution in [1.29, 1.82) is 0 Å². The molecular weight excluding hydrogens is 241 g/mol. The van der Waals surface area contributed by atoms with E-state index in [1.54, 1.807) is 12.1 Å². The minimum Gasteiger partial charge on any atom is -0.326 e. The minimum absolute atomic E-state index is 0.00770. The van der Waals surface area contributed by atoms with Crippen molar-refractivity contribution in [3.05, 3.63) is 66.0 Å². The van der Waals surface area contributed by atoms with Crippen LogP contribution in [0.3, 0.4) is 0 Å². The highest BCUT2D eigenvalue weighted by Crippen LogP contribution is 2.09. The van der Waals surface area contributed by atoms with Crippen LogP contribution in [0.5, 0.6) is 0 Å². The number of hydrogen-bond donors (Lipinski definition) is 1. The van der Waals surface area contributed by atoms with E-state index < -0.39 is 0 Å². The molecule has 98 valence electrons. The number of anilines is 1. The van der Waals surface area contributed by atoms with E-state index in [0.29, 0.717) is 6.42 Å². The number of nitrogens with one attached hydrogen (secondary N) is 1. The molecule has 0 heterocycles. The van der Waals surface area contributed by atoms with Gasteiger partial charge in [-0.1, -0.05) is 30.3 Å². The average molecular weight is 257 g/mol. The normalized spacial score (nSPS) is 10.2. The Morgan fingerprint density at radius 1 is 1.00 bits per heavy atom. The minimum atomic E-state index is -0.231. The van der Waals surface area contributed by atoms with Crippen LogP contribution >= 0.6 is 0 Å². The van der Waals surface area contributed by atoms with E-state index in [9.17, 15) is 9.18 Å². The highest BCUT2D eigenvalue weighted by molar-refractivity contribution is 5.90. The Kier molecular flexibility index (Phi) is 4.67. The molecule has 0 fully saturated rings. The molecule has 0 atom stereocenters. The summed E-state index contributed by atoms with van der Waals surface area (Å²) in [5.74, 6) is -0.223. The fourth-order valence-corrected chi connectivity index (χ4v) is 1.85. The van der Waals surface area contributed by atoms with E-state index in [0.717, 1.165) is 24.1 Å². The van der Waals surface area contributed by atoms with Gasteiger partial charge in [0.15, 0.2) is 0 Å². The third-order valence-electron chi connectivity index (χ3n) is 2.84. The Labute approximate surface area is 112 Å². The van der Waals surface area contributed by atoms with Crippen molar-refractivity contribution in [3.8, 4) is 0 Å². The van der Waals surface area contributed by atoms with Crippen LogP contribution in [0.1, 0.15) is 18.4 Å². The quantitative estimate of drug-likeness (QED) is 0.867. The standard InChI is InChI=1S/C16H16FNO/c17-14-11-9-13(10-12-14)5-4-8-16(19)18-15-6-2-1-3-7-15/h1-3,6-7,9-12H,4-5,8H2,(H,18,19). The summed E-state index contributed by atoms with van der Waals surface area (Å²) in [5.41, 5.74) is 1.86. The van der Waals surface area contributed by atoms with Crippen LogP contribution in [0, 0.1) is 5.82 Å². The van der Waals surface area contributed by atoms with Crippen LogP contribution in [0.15, 0.2) is 54.6 Å². The molecule has 3 heteroatoms. The number of amides is 1. The van der Waals surface area contributed by atoms with Gasteiger partial charge in [-0.05, 0) is 42.7 Å². The largest absolute Gasteiger partial charge is 0.326 e. The summed E-state index contributed by atoms with van der Waals surface area (Å²) in [5, 5.41) is 2.84. The lowest BCUT2D eigenvalue weighted by molar-refractivity contribution is -0.116. The molecule has 0 aliphatic rings. The first-order valence-corrected chi connectivity index (χ1v) is 6.33. The summed E-state index contributed by atoms with van der Waals surface area (Å²) in [6.45, 7) is 0. The summed E-state index contributed by atoms with van der Waals surface area (Å²) in [6, 6.07) is 15.8. The van der Waals surface area contributed by atoms with E-state index in [2.05, 4.69) is 5.32 Å². The zero-order chi connectivity index (χ0) is 13.5. The highest BCUT2D eigenvalue weighted by atomic mass is 19.1. The maximum absolute atomic E-state index is 12.7. The molecule has 0 radical (unpaired) electrons. The fourth-order valence-electron chi connectivity index (χ4n) is 1.85. The Morgan fingerprint density at radius 3 is 2.37 bits per heavy atom. The SMILES string of the molecule is O=C(CCCc1ccc(F)cc1)Nc1ccccc1. The van der Waals surface area contributed by atoms with Crippen molar-refractivity contribution in [2.45, 2.75) is 19.3 Å². The Morgan fingerprint density at radius 2 is 1.68 bits per heavy atom. The smallest absolute Gasteiger partial charge is 0.224 e. The molecule has 2 nitrogen and oxygen atoms in total. The van der Waals surface area contributed by atoms with Gasteiger partial charge in [0.2, 0.25) is 5.91 Å². The Hall–Kier alpha value is -2.16. The second-order valence-electron chi connectivity index (χ2n) is 4.39. The molecule has 2 aromatic rings. The number of para-hydroxylation sites is 1. The maximum atomic E-state index is 12.7. The number of rotatable bonds is 5. The van der Waals surface area contributed by atoms with Crippen LogP contribution in [0.25, 0.3) is 0 Å². The average Bonchev–Trinajstić information content (AvgIpc) is 2.42. The van der Waals surface area contributed by atoms with Gasteiger partial charge in [0.05, 0.1) is 0 Å². The zero-order valence-corrected chi connectivity index (χ0v) is 10.6. The van der Waals surface area contributed by atoms with Crippen molar-refractivity contribution in [3.63, 3.8) is 0 Å². The molecule has 0 bridgehead atoms. The van der Waals surface area contributed by atoms with E-state index in [4.69, 9.17) is 0 Å². The highest BCUT2D eigenvalue weighted by Gasteiger charge is 2.02. The summed E-state index contributed by atoms with van der Waals surface area (Å²) >= 11 is 0. The molecule has 0 saturated carbocycles. The second-order valence-corrected chi connectivity index (χ2v) is 4.39. The monoisotopic (exact) mass is 257 g/mol. The van der Waals surface area contributed by atoms with Crippen molar-refractivity contribution in [2.75, 3.05) is 5.32 Å². The van der Waals surface area contributed by atoms with Crippen molar-refractivity contribution in [2.24, 2.45) is 0 Å². The molecular formula is C16H16FNO. The molecule has 0 spiro atoms. The third-order valence-corrected chi connectivity index (χ3v) is 2.84. The number of hydrogen-bond acceptors (Lipinski definition) is 1. The summed E-state index contributed by atoms with van der Waals surface area (Å²) in [4.78, 5) is 11.7. The van der Waals surface area contributed by atoms with Crippen molar-refractivity contribution in [1.82, 2.24) is 0 Å². The predicted octanol–water partition coefficient (Wildman–Crippen LogP) is 3.79. The molecule has 1 amide bonds. The molecule has 0 saturated heterocycles. The predicted molar refractivity (Wildman–Crippen MR) is 74.4 cm³/mol. The van der Waals surface area contributed by atoms with Gasteiger partial charge in [0.1, 0.15) is 5.82 Å². The molecule has 2 rings (SSSR count). The topological polar surface area (TPSA) is 29.1 Å². The van der Waals surface area contributed by atoms with Crippen LogP contribution in [-0.2, 0) is 11.2 Å². The van der Waals surface area contributed by atoms with Gasteiger partial charge < -0.3 is 5.32 Å². The summed E-state index contributed by atoms with van der Waals surface area (Å²) in [6.07, 6.45) is 2.00. The summed E-state index contributed by atoms with van der Waals surface area (Å²) in [7, 11) is 0. The van der Waals surface area contributed by atoms with Crippen LogP contribution in [0.2, 0.25) is 0 Å². The first-order chi connectivity index (χ1) is 9.24. The first-order valence-electron chi connectivity index (χ1n) is 6.33. The van der Waals surface area contributed by atoms with Crippen LogP contribution < -0.4 is 5.32 Å². The van der Waals surface area contributed by atoms with Gasteiger partial charge in [-0.3, -0.25) is 4.79 Å². The molecule has 0 aliphatic carbocycles. The molecule has 1 N–H and O–H groups in total. The molecule has 2 aromatic carbocycles. The van der Waals surface area contributed by atoms with E-state index in [1.807, 2.05) is 30.3 Å². The van der Waals surface area contributed by atoms with Gasteiger partial charge in [0, 0.05) is 12.1 Å². The maximum Gasteiger partial charge on any atom is 0.224 e. The first kappa shape index (κ1) is 13.3. The van der Waals surface area contributed by atoms with Gasteiger partial charge in [-0.25, -0.2) is 4.39 Å². The van der Waals surface area contributed by atoms with E-state index in [1.165, 1.54) is 12.1 Å². The zero-order valence-electron chi connectivity index (χ0n) is 10.6. The van der Waals surface area contributed by atoms with Gasteiger partial charge in [-0.15, -0.1) is 0 Å². The van der Waals surface area contributed by atoms with Crippen LogP contribution in [-0.4, -0.2) is 5.91 Å². The van der Waals surface area contributed by atoms with E-state index in [-0.39, 0.29) is 11.7 Å². The number of benzene rings is 2. The van der Waals surface area contributed by atoms with Crippen molar-refractivity contribution < 1.29 is 9.18 Å². The fraction of sp³-hybridized carbons (Fsp3) is 0.188. The molecule has 0 aromatic heterocycles. The van der Waals surface area contributed by atoms with Crippen molar-refractivity contribution >= 4 is 11.6 Å². The van der Waals surface area contributed by atoms with Gasteiger partial charge in [0.25, 0.3) is 0 Å². The number of carbonyl (C=O) groups is 1. The molecule has 19 heavy (non-hydrogen) atoms. The lowest BCUT2D eigenvalue weighted by Crippen LogP contribution is -2.11.